The lowest BCUT2D eigenvalue weighted by Crippen LogP contribution is -2.20. The third-order valence-corrected chi connectivity index (χ3v) is 4.14. The Morgan fingerprint density at radius 3 is 2.57 bits per heavy atom. The lowest BCUT2D eigenvalue weighted by molar-refractivity contribution is 0.229. The van der Waals surface area contributed by atoms with E-state index in [4.69, 9.17) is 20.6 Å². The van der Waals surface area contributed by atoms with E-state index in [9.17, 15) is 0 Å². The van der Waals surface area contributed by atoms with Gasteiger partial charge in [-0.15, -0.1) is 10.2 Å². The van der Waals surface area contributed by atoms with Gasteiger partial charge in [-0.05, 0) is 45.0 Å². The van der Waals surface area contributed by atoms with Crippen molar-refractivity contribution in [1.29, 1.82) is 5.41 Å². The highest BCUT2D eigenvalue weighted by Crippen LogP contribution is 2.38. The molecule has 0 bridgehead atoms. The van der Waals surface area contributed by atoms with Gasteiger partial charge in [0.05, 0.1) is 24.9 Å². The van der Waals surface area contributed by atoms with Crippen molar-refractivity contribution < 1.29 is 13.9 Å². The van der Waals surface area contributed by atoms with Crippen LogP contribution in [-0.2, 0) is 6.54 Å². The first-order valence-corrected chi connectivity index (χ1v) is 9.46. The van der Waals surface area contributed by atoms with Gasteiger partial charge in [0, 0.05) is 23.4 Å². The van der Waals surface area contributed by atoms with Gasteiger partial charge >= 0.3 is 0 Å². The van der Waals surface area contributed by atoms with Gasteiger partial charge in [0.25, 0.3) is 0 Å². The van der Waals surface area contributed by atoms with Gasteiger partial charge in [-0.1, -0.05) is 5.21 Å². The molecule has 0 spiro atoms. The number of anilines is 2. The Bertz CT molecular complexity index is 991. The molecule has 4 N–H and O–H groups in total. The SMILES string of the molecule is CCOc1cc(OC(C)C)c(F)c(N(Cc2nn[nH]n2)c2ccc(C(=N)N)cc2)c1. The highest BCUT2D eigenvalue weighted by Gasteiger charge is 2.22. The molecule has 0 aliphatic carbocycles. The van der Waals surface area contributed by atoms with E-state index in [1.54, 1.807) is 35.2 Å². The number of nitrogen functional groups attached to an aromatic ring is 1. The van der Waals surface area contributed by atoms with Gasteiger partial charge in [-0.25, -0.2) is 4.39 Å². The average molecular weight is 413 g/mol. The minimum absolute atomic E-state index is 0.0524. The summed E-state index contributed by atoms with van der Waals surface area (Å²) in [6, 6.07) is 10.0. The summed E-state index contributed by atoms with van der Waals surface area (Å²) in [4.78, 5) is 1.68. The third kappa shape index (κ3) is 4.83. The highest BCUT2D eigenvalue weighted by atomic mass is 19.1. The minimum Gasteiger partial charge on any atom is -0.494 e. The highest BCUT2D eigenvalue weighted by molar-refractivity contribution is 5.95. The molecular formula is C20H24FN7O2. The van der Waals surface area contributed by atoms with E-state index in [2.05, 4.69) is 20.6 Å². The van der Waals surface area contributed by atoms with Gasteiger partial charge in [0.1, 0.15) is 11.6 Å². The molecular weight excluding hydrogens is 389 g/mol. The van der Waals surface area contributed by atoms with Gasteiger partial charge in [0.2, 0.25) is 0 Å². The first kappa shape index (κ1) is 21.0. The van der Waals surface area contributed by atoms with Crippen LogP contribution in [0.5, 0.6) is 11.5 Å². The molecule has 1 aromatic heterocycles. The molecule has 0 radical (unpaired) electrons. The third-order valence-electron chi connectivity index (χ3n) is 4.14. The number of aromatic amines is 1. The van der Waals surface area contributed by atoms with Crippen molar-refractivity contribution in [1.82, 2.24) is 20.6 Å². The Hall–Kier alpha value is -3.69. The van der Waals surface area contributed by atoms with E-state index in [-0.39, 0.29) is 29.9 Å². The van der Waals surface area contributed by atoms with Crippen LogP contribution in [0.15, 0.2) is 36.4 Å². The Balaban J connectivity index is 2.11. The summed E-state index contributed by atoms with van der Waals surface area (Å²) in [5, 5.41) is 21.5. The first-order valence-electron chi connectivity index (χ1n) is 9.46. The number of hydrogen-bond donors (Lipinski definition) is 3. The standard InChI is InChI=1S/C20H24FN7O2/c1-4-29-15-9-16(19(21)17(10-15)30-12(2)3)28(11-18-24-26-27-25-18)14-7-5-13(6-8-14)20(22)23/h5-10,12H,4,11H2,1-3H3,(H3,22,23)(H,24,25,26,27). The van der Waals surface area contributed by atoms with Crippen LogP contribution < -0.4 is 20.1 Å². The van der Waals surface area contributed by atoms with Crippen molar-refractivity contribution in [3.8, 4) is 11.5 Å². The maximum atomic E-state index is 15.5. The van der Waals surface area contributed by atoms with E-state index in [1.165, 1.54) is 6.07 Å². The number of tetrazole rings is 1. The fourth-order valence-electron chi connectivity index (χ4n) is 2.87. The van der Waals surface area contributed by atoms with Gasteiger partial charge in [-0.3, -0.25) is 5.41 Å². The quantitative estimate of drug-likeness (QED) is 0.363. The number of nitrogens with zero attached hydrogens (tertiary/aromatic N) is 4. The second kappa shape index (κ2) is 9.21. The molecule has 0 aliphatic rings. The number of rotatable bonds is 9. The van der Waals surface area contributed by atoms with E-state index in [0.717, 1.165) is 0 Å². The van der Waals surface area contributed by atoms with Crippen molar-refractivity contribution in [2.45, 2.75) is 33.4 Å². The predicted molar refractivity (Wildman–Crippen MR) is 111 cm³/mol. The van der Waals surface area contributed by atoms with Gasteiger partial charge < -0.3 is 20.1 Å². The molecule has 30 heavy (non-hydrogen) atoms. The Labute approximate surface area is 173 Å². The molecule has 9 nitrogen and oxygen atoms in total. The summed E-state index contributed by atoms with van der Waals surface area (Å²) < 4.78 is 26.8. The fourth-order valence-corrected chi connectivity index (χ4v) is 2.87. The zero-order valence-electron chi connectivity index (χ0n) is 17.0. The molecule has 3 aromatic rings. The molecule has 0 fully saturated rings. The minimum atomic E-state index is -0.536. The Morgan fingerprint density at radius 2 is 2.00 bits per heavy atom. The van der Waals surface area contributed by atoms with Crippen LogP contribution in [0.4, 0.5) is 15.8 Å². The van der Waals surface area contributed by atoms with Crippen LogP contribution in [0, 0.1) is 11.2 Å². The van der Waals surface area contributed by atoms with Crippen LogP contribution in [0.2, 0.25) is 0 Å². The van der Waals surface area contributed by atoms with Crippen LogP contribution in [-0.4, -0.2) is 39.2 Å². The molecule has 10 heteroatoms. The van der Waals surface area contributed by atoms with Crippen molar-refractivity contribution >= 4 is 17.2 Å². The molecule has 3 rings (SSSR count). The van der Waals surface area contributed by atoms with E-state index in [0.29, 0.717) is 29.4 Å². The van der Waals surface area contributed by atoms with Crippen molar-refractivity contribution in [3.63, 3.8) is 0 Å². The largest absolute Gasteiger partial charge is 0.494 e. The van der Waals surface area contributed by atoms with E-state index in [1.807, 2.05) is 20.8 Å². The topological polar surface area (TPSA) is 126 Å². The van der Waals surface area contributed by atoms with Crippen molar-refractivity contribution in [2.75, 3.05) is 11.5 Å². The molecule has 2 aromatic carbocycles. The summed E-state index contributed by atoms with van der Waals surface area (Å²) >= 11 is 0. The zero-order chi connectivity index (χ0) is 21.7. The number of ether oxygens (including phenoxy) is 2. The molecule has 0 amide bonds. The van der Waals surface area contributed by atoms with Crippen LogP contribution in [0.3, 0.4) is 0 Å². The zero-order valence-corrected chi connectivity index (χ0v) is 17.0. The number of aromatic nitrogens is 4. The number of halogens is 1. The number of nitrogens with one attached hydrogen (secondary N) is 2. The number of H-pyrrole nitrogens is 1. The first-order chi connectivity index (χ1) is 14.4. The summed E-state index contributed by atoms with van der Waals surface area (Å²) in [6.45, 7) is 6.06. The average Bonchev–Trinajstić information content (AvgIpc) is 3.22. The molecule has 0 aliphatic heterocycles. The molecule has 158 valence electrons. The summed E-state index contributed by atoms with van der Waals surface area (Å²) in [5.41, 5.74) is 6.99. The van der Waals surface area contributed by atoms with Crippen molar-refractivity contribution in [2.24, 2.45) is 5.73 Å². The molecule has 0 saturated carbocycles. The number of benzene rings is 2. The molecule has 0 unspecified atom stereocenters. The lowest BCUT2D eigenvalue weighted by atomic mass is 10.1. The molecule has 1 heterocycles. The van der Waals surface area contributed by atoms with Gasteiger partial charge in [0.15, 0.2) is 17.4 Å². The summed E-state index contributed by atoms with van der Waals surface area (Å²) in [5.74, 6) is 0.348. The van der Waals surface area contributed by atoms with Crippen molar-refractivity contribution in [3.05, 3.63) is 53.6 Å². The normalized spacial score (nSPS) is 10.8. The lowest BCUT2D eigenvalue weighted by Gasteiger charge is -2.26. The Kier molecular flexibility index (Phi) is 6.45. The maximum absolute atomic E-state index is 15.5. The maximum Gasteiger partial charge on any atom is 0.194 e. The molecule has 0 atom stereocenters. The smallest absolute Gasteiger partial charge is 0.194 e. The fraction of sp³-hybridized carbons (Fsp3) is 0.300. The summed E-state index contributed by atoms with van der Waals surface area (Å²) in [6.07, 6.45) is -0.218. The number of amidine groups is 1. The predicted octanol–water partition coefficient (Wildman–Crippen LogP) is 3.15. The van der Waals surface area contributed by atoms with E-state index < -0.39 is 5.82 Å². The van der Waals surface area contributed by atoms with E-state index >= 15 is 4.39 Å². The Morgan fingerprint density at radius 1 is 1.27 bits per heavy atom. The van der Waals surface area contributed by atoms with Crippen LogP contribution in [0.25, 0.3) is 0 Å². The van der Waals surface area contributed by atoms with Gasteiger partial charge in [-0.2, -0.15) is 5.21 Å². The number of nitrogens with two attached hydrogens (primary N) is 1. The molecule has 0 saturated heterocycles. The second-order valence-corrected chi connectivity index (χ2v) is 6.73. The van der Waals surface area contributed by atoms with Crippen LogP contribution in [0.1, 0.15) is 32.2 Å². The number of hydrogen-bond acceptors (Lipinski definition) is 7. The van der Waals surface area contributed by atoms with Crippen LogP contribution >= 0.6 is 0 Å². The monoisotopic (exact) mass is 413 g/mol. The summed E-state index contributed by atoms with van der Waals surface area (Å²) in [7, 11) is 0. The second-order valence-electron chi connectivity index (χ2n) is 6.73.